The Morgan fingerprint density at radius 1 is 1.00 bits per heavy atom. The fraction of sp³-hybridized carbons (Fsp3) is 0. The van der Waals surface area contributed by atoms with Crippen LogP contribution in [0.4, 0.5) is 0 Å². The summed E-state index contributed by atoms with van der Waals surface area (Å²) < 4.78 is 0. The number of hydrogen-bond donors (Lipinski definition) is 0. The van der Waals surface area contributed by atoms with E-state index in [1.807, 2.05) is 0 Å². The molecule has 0 aliphatic carbocycles. The first kappa shape index (κ1) is 16.1. The smallest absolute Gasteiger partial charge is 0 e. The normalized spacial score (nSPS) is 3.33. The van der Waals surface area contributed by atoms with Crippen molar-refractivity contribution in [3.8, 4) is 0 Å². The molecule has 1 radical (unpaired) electrons. The minimum Gasteiger partial charge on any atom is -0.0991 e. The summed E-state index contributed by atoms with van der Waals surface area (Å²) in [5, 5.41) is 0. The van der Waals surface area contributed by atoms with Gasteiger partial charge in [0, 0.05) is 33.3 Å². The summed E-state index contributed by atoms with van der Waals surface area (Å²) in [7, 11) is 0. The Kier molecular flexibility index (Phi) is 47.9. The summed E-state index contributed by atoms with van der Waals surface area (Å²) in [6.07, 6.45) is 3.28. The van der Waals surface area contributed by atoms with E-state index in [0.29, 0.717) is 0 Å². The molecule has 0 saturated carbocycles. The van der Waals surface area contributed by atoms with Crippen LogP contribution in [0.1, 0.15) is 0 Å². The van der Waals surface area contributed by atoms with Crippen LogP contribution in [-0.4, -0.2) is 0 Å². The van der Waals surface area contributed by atoms with E-state index in [9.17, 15) is 0 Å². The van der Waals surface area contributed by atoms with Gasteiger partial charge in [0.25, 0.3) is 0 Å². The van der Waals surface area contributed by atoms with E-state index in [0.717, 1.165) is 0 Å². The molecule has 0 aromatic heterocycles. The summed E-state index contributed by atoms with van der Waals surface area (Å²) >= 11 is 0. The molecule has 0 amide bonds. The van der Waals surface area contributed by atoms with Gasteiger partial charge in [-0.1, -0.05) is 25.3 Å². The Morgan fingerprint density at radius 2 is 1.17 bits per heavy atom. The minimum atomic E-state index is 0. The molecule has 0 nitrogen and oxygen atoms in total. The number of rotatable bonds is 1. The van der Waals surface area contributed by atoms with E-state index in [1.165, 1.54) is 0 Å². The quantitative estimate of drug-likeness (QED) is 0.413. The molecule has 0 aliphatic rings. The molecule has 0 heterocycles. The Morgan fingerprint density at radius 3 is 1.17 bits per heavy atom. The van der Waals surface area contributed by atoms with Crippen molar-refractivity contribution >= 4 is 0 Å². The van der Waals surface area contributed by atoms with Crippen molar-refractivity contribution in [3.63, 3.8) is 0 Å². The predicted octanol–water partition coefficient (Wildman–Crippen LogP) is 1.35. The average Bonchev–Trinajstić information content (AvgIpc) is 1.37. The van der Waals surface area contributed by atoms with Crippen LogP contribution in [0.3, 0.4) is 0 Å². The second-order valence-electron chi connectivity index (χ2n) is 0.471. The van der Waals surface area contributed by atoms with Gasteiger partial charge in [-0.25, -0.2) is 0 Å². The van der Waals surface area contributed by atoms with Gasteiger partial charge >= 0.3 is 0 Å². The van der Waals surface area contributed by atoms with Crippen molar-refractivity contribution < 1.29 is 33.3 Å². The van der Waals surface area contributed by atoms with Crippen molar-refractivity contribution in [2.75, 3.05) is 0 Å². The third-order valence-electron chi connectivity index (χ3n) is 0.167. The van der Waals surface area contributed by atoms with Gasteiger partial charge in [0.15, 0.2) is 0 Å². The Hall–Kier alpha value is 0.480. The van der Waals surface area contributed by atoms with Gasteiger partial charge in [0.1, 0.15) is 0 Å². The number of hydrogen-bond acceptors (Lipinski definition) is 0. The second kappa shape index (κ2) is 17.9. The summed E-state index contributed by atoms with van der Waals surface area (Å²) in [5.74, 6) is 0. The third-order valence-corrected chi connectivity index (χ3v) is 0.167. The summed E-state index contributed by atoms with van der Waals surface area (Å²) in [6, 6.07) is 0. The molecular formula is C4H6CoNi. The van der Waals surface area contributed by atoms with Crippen LogP contribution in [0, 0.1) is 0 Å². The van der Waals surface area contributed by atoms with Crippen molar-refractivity contribution in [2.24, 2.45) is 0 Å². The van der Waals surface area contributed by atoms with Gasteiger partial charge in [-0.3, -0.25) is 0 Å². The molecule has 0 aromatic carbocycles. The summed E-state index contributed by atoms with van der Waals surface area (Å²) in [5.41, 5.74) is 0. The first-order valence-electron chi connectivity index (χ1n) is 1.15. The number of allylic oxidation sites excluding steroid dienone is 2. The van der Waals surface area contributed by atoms with E-state index in [-0.39, 0.29) is 33.3 Å². The van der Waals surface area contributed by atoms with Crippen molar-refractivity contribution in [1.29, 1.82) is 0 Å². The maximum absolute atomic E-state index is 3.36. The van der Waals surface area contributed by atoms with Crippen LogP contribution >= 0.6 is 0 Å². The molecule has 0 spiro atoms. The SMILES string of the molecule is C=CC=C.[Co].[Ni]. The van der Waals surface area contributed by atoms with E-state index < -0.39 is 0 Å². The summed E-state index contributed by atoms with van der Waals surface area (Å²) in [4.78, 5) is 0. The predicted molar refractivity (Wildman–Crippen MR) is 20.4 cm³/mol. The van der Waals surface area contributed by atoms with Crippen LogP contribution in [0.5, 0.6) is 0 Å². The van der Waals surface area contributed by atoms with Crippen LogP contribution in [0.25, 0.3) is 0 Å². The van der Waals surface area contributed by atoms with Crippen molar-refractivity contribution in [2.45, 2.75) is 0 Å². The standard InChI is InChI=1S/C4H6.Co.Ni/c1-3-4-2;;/h3-4H,1-2H2;;. The van der Waals surface area contributed by atoms with Crippen molar-refractivity contribution in [1.82, 2.24) is 0 Å². The Bertz CT molecular complexity index is 28.5. The maximum Gasteiger partial charge on any atom is 0 e. The molecule has 0 bridgehead atoms. The van der Waals surface area contributed by atoms with Crippen LogP contribution in [0.2, 0.25) is 0 Å². The summed E-state index contributed by atoms with van der Waals surface area (Å²) in [6.45, 7) is 6.72. The molecule has 0 aliphatic heterocycles. The van der Waals surface area contributed by atoms with Crippen molar-refractivity contribution in [3.05, 3.63) is 25.3 Å². The van der Waals surface area contributed by atoms with Gasteiger partial charge < -0.3 is 0 Å². The monoisotopic (exact) mass is 171 g/mol. The fourth-order valence-corrected chi connectivity index (χ4v) is 0. The van der Waals surface area contributed by atoms with E-state index in [1.54, 1.807) is 12.2 Å². The molecule has 0 unspecified atom stereocenters. The van der Waals surface area contributed by atoms with Gasteiger partial charge in [-0.15, -0.1) is 0 Å². The molecule has 0 aromatic rings. The molecule has 0 rings (SSSR count). The Labute approximate surface area is 58.8 Å². The molecule has 0 atom stereocenters. The zero-order valence-corrected chi connectivity index (χ0v) is 5.25. The largest absolute Gasteiger partial charge is 0.0991 e. The minimum absolute atomic E-state index is 0. The Balaban J connectivity index is -0.0000000450. The maximum atomic E-state index is 3.36. The molecule has 6 heavy (non-hydrogen) atoms. The van der Waals surface area contributed by atoms with Crippen LogP contribution < -0.4 is 0 Å². The second-order valence-corrected chi connectivity index (χ2v) is 0.471. The average molecular weight is 172 g/mol. The molecule has 2 heteroatoms. The van der Waals surface area contributed by atoms with Gasteiger partial charge in [0.2, 0.25) is 0 Å². The zero-order chi connectivity index (χ0) is 3.41. The third kappa shape index (κ3) is 24.8. The van der Waals surface area contributed by atoms with E-state index in [2.05, 4.69) is 13.2 Å². The van der Waals surface area contributed by atoms with Gasteiger partial charge in [0.05, 0.1) is 0 Å². The molecule has 41 valence electrons. The van der Waals surface area contributed by atoms with Gasteiger partial charge in [-0.05, 0) is 0 Å². The molecule has 0 fully saturated rings. The first-order chi connectivity index (χ1) is 1.91. The topological polar surface area (TPSA) is 0 Å². The van der Waals surface area contributed by atoms with Crippen LogP contribution in [0.15, 0.2) is 25.3 Å². The fourth-order valence-electron chi connectivity index (χ4n) is 0. The molecule has 0 N–H and O–H groups in total. The van der Waals surface area contributed by atoms with Crippen LogP contribution in [-0.2, 0) is 33.3 Å². The zero-order valence-electron chi connectivity index (χ0n) is 3.22. The molecular weight excluding hydrogens is 166 g/mol. The first-order valence-corrected chi connectivity index (χ1v) is 1.15. The van der Waals surface area contributed by atoms with E-state index in [4.69, 9.17) is 0 Å². The molecule has 0 saturated heterocycles. The van der Waals surface area contributed by atoms with Gasteiger partial charge in [-0.2, -0.15) is 0 Å². The van der Waals surface area contributed by atoms with E-state index >= 15 is 0 Å².